The molecule has 5 rings (SSSR count). The largest absolute Gasteiger partial charge is 0.504 e. The van der Waals surface area contributed by atoms with E-state index in [0.29, 0.717) is 11.3 Å². The van der Waals surface area contributed by atoms with Crippen LogP contribution in [0.25, 0.3) is 0 Å². The van der Waals surface area contributed by atoms with Crippen LogP contribution >= 0.6 is 0 Å². The molecule has 0 unspecified atom stereocenters. The quantitative estimate of drug-likeness (QED) is 0.635. The molecule has 0 radical (unpaired) electrons. The van der Waals surface area contributed by atoms with Crippen molar-refractivity contribution in [1.82, 2.24) is 0 Å². The summed E-state index contributed by atoms with van der Waals surface area (Å²) in [6.07, 6.45) is -0.952. The number of carbonyl (C=O) groups excluding carboxylic acids is 2. The van der Waals surface area contributed by atoms with Gasteiger partial charge in [-0.25, -0.2) is 9.96 Å². The molecular weight excluding hydrogens is 408 g/mol. The average molecular weight is 430 g/mol. The van der Waals surface area contributed by atoms with E-state index in [1.807, 2.05) is 49.4 Å². The maximum Gasteiger partial charge on any atom is 0.266 e. The highest BCUT2D eigenvalue weighted by molar-refractivity contribution is 6.24. The zero-order chi connectivity index (χ0) is 22.4. The molecule has 162 valence electrons. The SMILES string of the molecule is COc1cc([C@H]2[C@H]3C(=O)N(c4ccccc4C)C(=O)[C@@H]3ON2c2ccccc2)ccc1O. The Labute approximate surface area is 185 Å². The molecule has 7 nitrogen and oxygen atoms in total. The van der Waals surface area contributed by atoms with Crippen molar-refractivity contribution in [2.45, 2.75) is 19.1 Å². The van der Waals surface area contributed by atoms with E-state index in [4.69, 9.17) is 9.57 Å². The number of hydrogen-bond acceptors (Lipinski definition) is 6. The predicted molar refractivity (Wildman–Crippen MR) is 118 cm³/mol. The molecule has 0 aliphatic carbocycles. The lowest BCUT2D eigenvalue weighted by atomic mass is 9.90. The van der Waals surface area contributed by atoms with Crippen molar-refractivity contribution < 1.29 is 24.3 Å². The zero-order valence-electron chi connectivity index (χ0n) is 17.6. The number of rotatable bonds is 4. The second-order valence-corrected chi connectivity index (χ2v) is 7.89. The van der Waals surface area contributed by atoms with Crippen LogP contribution in [0.2, 0.25) is 0 Å². The Morgan fingerprint density at radius 3 is 2.38 bits per heavy atom. The van der Waals surface area contributed by atoms with Gasteiger partial charge < -0.3 is 9.84 Å². The van der Waals surface area contributed by atoms with E-state index < -0.39 is 18.1 Å². The maximum absolute atomic E-state index is 13.6. The number of ether oxygens (including phenoxy) is 1. The lowest BCUT2D eigenvalue weighted by molar-refractivity contribution is -0.126. The number of phenolic OH excluding ortho intramolecular Hbond substituents is 1. The molecule has 7 heteroatoms. The van der Waals surface area contributed by atoms with Gasteiger partial charge >= 0.3 is 0 Å². The smallest absolute Gasteiger partial charge is 0.266 e. The zero-order valence-corrected chi connectivity index (χ0v) is 17.6. The van der Waals surface area contributed by atoms with Crippen LogP contribution in [-0.2, 0) is 14.4 Å². The number of methoxy groups -OCH3 is 1. The highest BCUT2D eigenvalue weighted by atomic mass is 16.7. The first-order valence-electron chi connectivity index (χ1n) is 10.3. The number of benzene rings is 3. The van der Waals surface area contributed by atoms with E-state index in [9.17, 15) is 14.7 Å². The van der Waals surface area contributed by atoms with Gasteiger partial charge in [0.1, 0.15) is 5.92 Å². The molecule has 32 heavy (non-hydrogen) atoms. The minimum atomic E-state index is -0.952. The Morgan fingerprint density at radius 2 is 1.66 bits per heavy atom. The maximum atomic E-state index is 13.6. The Hall–Kier alpha value is -3.84. The number of anilines is 2. The van der Waals surface area contributed by atoms with Crippen molar-refractivity contribution >= 4 is 23.2 Å². The molecule has 3 aromatic rings. The minimum absolute atomic E-state index is 0.00617. The molecule has 0 aromatic heterocycles. The van der Waals surface area contributed by atoms with E-state index in [1.165, 1.54) is 18.1 Å². The number of aromatic hydroxyl groups is 1. The van der Waals surface area contributed by atoms with Crippen molar-refractivity contribution in [2.24, 2.45) is 5.92 Å². The molecule has 2 aliphatic heterocycles. The van der Waals surface area contributed by atoms with E-state index in [-0.39, 0.29) is 23.3 Å². The summed E-state index contributed by atoms with van der Waals surface area (Å²) in [7, 11) is 1.46. The van der Waals surface area contributed by atoms with Crippen LogP contribution < -0.4 is 14.7 Å². The first kappa shape index (κ1) is 20.1. The number of hydroxylamine groups is 1. The van der Waals surface area contributed by atoms with E-state index in [0.717, 1.165) is 11.3 Å². The molecule has 2 heterocycles. The number of fused-ring (bicyclic) bond motifs is 1. The molecule has 2 fully saturated rings. The van der Waals surface area contributed by atoms with Crippen LogP contribution in [0, 0.1) is 12.8 Å². The summed E-state index contributed by atoms with van der Waals surface area (Å²) in [5.74, 6) is -1.18. The first-order valence-corrected chi connectivity index (χ1v) is 10.3. The fraction of sp³-hybridized carbons (Fsp3) is 0.200. The van der Waals surface area contributed by atoms with Gasteiger partial charge in [0.05, 0.1) is 24.5 Å². The second kappa shape index (κ2) is 7.69. The van der Waals surface area contributed by atoms with Crippen LogP contribution in [0.4, 0.5) is 11.4 Å². The molecule has 2 aliphatic rings. The van der Waals surface area contributed by atoms with Crippen LogP contribution in [0.1, 0.15) is 17.2 Å². The van der Waals surface area contributed by atoms with E-state index in [2.05, 4.69) is 0 Å². The van der Waals surface area contributed by atoms with Crippen LogP contribution in [-0.4, -0.2) is 30.1 Å². The summed E-state index contributed by atoms with van der Waals surface area (Å²) in [5, 5.41) is 11.7. The molecule has 1 N–H and O–H groups in total. The number of imide groups is 1. The highest BCUT2D eigenvalue weighted by Crippen LogP contribution is 2.48. The van der Waals surface area contributed by atoms with Gasteiger partial charge in [0.2, 0.25) is 5.91 Å². The first-order chi connectivity index (χ1) is 15.5. The van der Waals surface area contributed by atoms with Gasteiger partial charge in [-0.05, 0) is 48.4 Å². The van der Waals surface area contributed by atoms with Gasteiger partial charge in [0.25, 0.3) is 5.91 Å². The molecule has 0 saturated carbocycles. The molecule has 0 bridgehead atoms. The van der Waals surface area contributed by atoms with E-state index >= 15 is 0 Å². The third kappa shape index (κ3) is 3.01. The molecular formula is C25H22N2O5. The normalized spacial score (nSPS) is 22.4. The van der Waals surface area contributed by atoms with Crippen LogP contribution in [0.3, 0.4) is 0 Å². The summed E-state index contributed by atoms with van der Waals surface area (Å²) in [6.45, 7) is 1.86. The summed E-state index contributed by atoms with van der Waals surface area (Å²) in [5.41, 5.74) is 2.82. The van der Waals surface area contributed by atoms with Gasteiger partial charge in [-0.2, -0.15) is 0 Å². The van der Waals surface area contributed by atoms with Gasteiger partial charge in [-0.3, -0.25) is 14.4 Å². The van der Waals surface area contributed by atoms with Crippen molar-refractivity contribution in [3.63, 3.8) is 0 Å². The number of nitrogens with zero attached hydrogens (tertiary/aromatic N) is 2. The summed E-state index contributed by atoms with van der Waals surface area (Å²) in [6, 6.07) is 21.0. The Bertz CT molecular complexity index is 1200. The predicted octanol–water partition coefficient (Wildman–Crippen LogP) is 3.76. The molecule has 3 aromatic carbocycles. The standard InChI is InChI=1S/C25H22N2O5/c1-15-8-6-7-11-18(15)26-24(29)21-22(16-12-13-19(28)20(14-16)31-2)27(32-23(21)25(26)30)17-9-4-3-5-10-17/h3-14,21-23,28H,1-2H3/t21-,22+,23-/m1/s1. The monoisotopic (exact) mass is 430 g/mol. The molecule has 3 atom stereocenters. The van der Waals surface area contributed by atoms with Gasteiger partial charge in [0, 0.05) is 0 Å². The third-order valence-electron chi connectivity index (χ3n) is 6.03. The lowest BCUT2D eigenvalue weighted by Gasteiger charge is -2.29. The minimum Gasteiger partial charge on any atom is -0.504 e. The van der Waals surface area contributed by atoms with E-state index in [1.54, 1.807) is 29.3 Å². The number of hydrogen-bond donors (Lipinski definition) is 1. The van der Waals surface area contributed by atoms with Crippen molar-refractivity contribution in [3.8, 4) is 11.5 Å². The summed E-state index contributed by atoms with van der Waals surface area (Å²) >= 11 is 0. The van der Waals surface area contributed by atoms with Gasteiger partial charge in [-0.1, -0.05) is 42.5 Å². The molecule has 2 saturated heterocycles. The Balaban J connectivity index is 1.62. The number of amides is 2. The second-order valence-electron chi connectivity index (χ2n) is 7.89. The molecule has 2 amide bonds. The summed E-state index contributed by atoms with van der Waals surface area (Å²) in [4.78, 5) is 34.4. The van der Waals surface area contributed by atoms with Gasteiger partial charge in [-0.15, -0.1) is 0 Å². The lowest BCUT2D eigenvalue weighted by Crippen LogP contribution is -2.37. The topological polar surface area (TPSA) is 79.3 Å². The number of para-hydroxylation sites is 2. The van der Waals surface area contributed by atoms with Crippen molar-refractivity contribution in [2.75, 3.05) is 17.1 Å². The highest BCUT2D eigenvalue weighted by Gasteiger charge is 2.60. The Morgan fingerprint density at radius 1 is 0.938 bits per heavy atom. The fourth-order valence-corrected chi connectivity index (χ4v) is 4.48. The van der Waals surface area contributed by atoms with Crippen LogP contribution in [0.5, 0.6) is 11.5 Å². The Kier molecular flexibility index (Phi) is 4.83. The van der Waals surface area contributed by atoms with Crippen LogP contribution in [0.15, 0.2) is 72.8 Å². The van der Waals surface area contributed by atoms with Gasteiger partial charge in [0.15, 0.2) is 17.6 Å². The third-order valence-corrected chi connectivity index (χ3v) is 6.03. The summed E-state index contributed by atoms with van der Waals surface area (Å²) < 4.78 is 5.28. The number of aryl methyl sites for hydroxylation is 1. The van der Waals surface area contributed by atoms with Crippen molar-refractivity contribution in [1.29, 1.82) is 0 Å². The number of phenols is 1. The average Bonchev–Trinajstić information content (AvgIpc) is 3.31. The fourth-order valence-electron chi connectivity index (χ4n) is 4.48. The van der Waals surface area contributed by atoms with Crippen molar-refractivity contribution in [3.05, 3.63) is 83.9 Å². The number of carbonyl (C=O) groups is 2. The molecule has 0 spiro atoms.